The lowest BCUT2D eigenvalue weighted by molar-refractivity contribution is -0.131. The van der Waals surface area contributed by atoms with Crippen molar-refractivity contribution in [2.45, 2.75) is 25.3 Å². The van der Waals surface area contributed by atoms with Gasteiger partial charge in [-0.25, -0.2) is 0 Å². The lowest BCUT2D eigenvalue weighted by Gasteiger charge is -2.32. The van der Waals surface area contributed by atoms with Crippen LogP contribution in [0.15, 0.2) is 24.3 Å². The molecular formula is C15H18Cl2N2O2. The van der Waals surface area contributed by atoms with Crippen molar-refractivity contribution in [1.29, 1.82) is 0 Å². The molecule has 0 aromatic heterocycles. The van der Waals surface area contributed by atoms with Gasteiger partial charge in [-0.05, 0) is 25.0 Å². The maximum absolute atomic E-state index is 12.2. The molecule has 1 heterocycles. The molecule has 1 aromatic carbocycles. The van der Waals surface area contributed by atoms with Crippen molar-refractivity contribution >= 4 is 35.0 Å². The lowest BCUT2D eigenvalue weighted by atomic mass is 10.0. The number of carbonyl (C=O) groups excluding carboxylic acids is 2. The highest BCUT2D eigenvalue weighted by atomic mass is 35.5. The van der Waals surface area contributed by atoms with Crippen LogP contribution in [0.25, 0.3) is 0 Å². The molecule has 1 aliphatic heterocycles. The van der Waals surface area contributed by atoms with Crippen molar-refractivity contribution < 1.29 is 9.59 Å². The number of piperidine rings is 1. The van der Waals surface area contributed by atoms with E-state index in [1.165, 1.54) is 0 Å². The first-order chi connectivity index (χ1) is 10.1. The summed E-state index contributed by atoms with van der Waals surface area (Å²) in [5, 5.41) is 3.43. The zero-order valence-electron chi connectivity index (χ0n) is 11.6. The van der Waals surface area contributed by atoms with E-state index in [0.29, 0.717) is 36.0 Å². The monoisotopic (exact) mass is 328 g/mol. The van der Waals surface area contributed by atoms with Crippen LogP contribution in [0, 0.1) is 0 Å². The minimum absolute atomic E-state index is 0.0776. The molecule has 1 fully saturated rings. The molecule has 1 saturated heterocycles. The molecule has 0 unspecified atom stereocenters. The Balaban J connectivity index is 1.85. The maximum Gasteiger partial charge on any atom is 0.253 e. The smallest absolute Gasteiger partial charge is 0.253 e. The van der Waals surface area contributed by atoms with Gasteiger partial charge in [-0.2, -0.15) is 0 Å². The number of rotatable bonds is 4. The van der Waals surface area contributed by atoms with Crippen molar-refractivity contribution in [1.82, 2.24) is 10.2 Å². The van der Waals surface area contributed by atoms with Crippen LogP contribution in [0.4, 0.5) is 0 Å². The summed E-state index contributed by atoms with van der Waals surface area (Å²) in [5.74, 6) is 0.272. The summed E-state index contributed by atoms with van der Waals surface area (Å²) >= 11 is 11.6. The Kier molecular flexibility index (Phi) is 5.88. The average Bonchev–Trinajstić information content (AvgIpc) is 2.48. The Labute approximate surface area is 134 Å². The van der Waals surface area contributed by atoms with Gasteiger partial charge in [-0.3, -0.25) is 9.59 Å². The minimum atomic E-state index is -0.161. The first-order valence-corrected chi connectivity index (χ1v) is 7.92. The van der Waals surface area contributed by atoms with Gasteiger partial charge in [0.2, 0.25) is 5.91 Å². The zero-order chi connectivity index (χ0) is 15.2. The predicted molar refractivity (Wildman–Crippen MR) is 83.9 cm³/mol. The number of nitrogens with zero attached hydrogens (tertiary/aromatic N) is 1. The molecule has 4 nitrogen and oxygen atoms in total. The first-order valence-electron chi connectivity index (χ1n) is 7.01. The van der Waals surface area contributed by atoms with Gasteiger partial charge in [0.15, 0.2) is 0 Å². The average molecular weight is 329 g/mol. The number of nitrogens with one attached hydrogen (secondary N) is 1. The molecular weight excluding hydrogens is 311 g/mol. The second kappa shape index (κ2) is 7.66. The largest absolute Gasteiger partial charge is 0.349 e. The van der Waals surface area contributed by atoms with Crippen LogP contribution < -0.4 is 5.32 Å². The second-order valence-electron chi connectivity index (χ2n) is 5.05. The van der Waals surface area contributed by atoms with E-state index in [1.807, 2.05) is 0 Å². The van der Waals surface area contributed by atoms with Crippen LogP contribution in [0.1, 0.15) is 29.6 Å². The predicted octanol–water partition coefficient (Wildman–Crippen LogP) is 2.69. The van der Waals surface area contributed by atoms with Crippen LogP contribution in [0.3, 0.4) is 0 Å². The molecule has 0 atom stereocenters. The summed E-state index contributed by atoms with van der Waals surface area (Å²) in [5.41, 5.74) is 0.486. The number of alkyl halides is 1. The van der Waals surface area contributed by atoms with E-state index in [-0.39, 0.29) is 17.9 Å². The Morgan fingerprint density at radius 1 is 1.24 bits per heavy atom. The summed E-state index contributed by atoms with van der Waals surface area (Å²) in [6.07, 6.45) is 1.88. The van der Waals surface area contributed by atoms with Gasteiger partial charge < -0.3 is 10.2 Å². The third kappa shape index (κ3) is 4.35. The molecule has 21 heavy (non-hydrogen) atoms. The maximum atomic E-state index is 12.2. The van der Waals surface area contributed by atoms with Crippen molar-refractivity contribution in [2.75, 3.05) is 19.0 Å². The highest BCUT2D eigenvalue weighted by molar-refractivity contribution is 6.33. The van der Waals surface area contributed by atoms with Gasteiger partial charge in [0.1, 0.15) is 0 Å². The topological polar surface area (TPSA) is 49.4 Å². The number of hydrogen-bond donors (Lipinski definition) is 1. The molecule has 114 valence electrons. The van der Waals surface area contributed by atoms with Crippen LogP contribution in [0.5, 0.6) is 0 Å². The van der Waals surface area contributed by atoms with E-state index in [1.54, 1.807) is 29.2 Å². The van der Waals surface area contributed by atoms with Gasteiger partial charge in [0.25, 0.3) is 5.91 Å². The van der Waals surface area contributed by atoms with Gasteiger partial charge in [0.05, 0.1) is 10.6 Å². The molecule has 2 rings (SSSR count). The van der Waals surface area contributed by atoms with E-state index in [0.717, 1.165) is 12.8 Å². The number of carbonyl (C=O) groups is 2. The first kappa shape index (κ1) is 16.1. The molecule has 2 amide bonds. The van der Waals surface area contributed by atoms with Gasteiger partial charge in [-0.1, -0.05) is 23.7 Å². The normalized spacial score (nSPS) is 15.8. The molecule has 1 aromatic rings. The standard InChI is InChI=1S/C15H18Cl2N2O2/c16-8-5-14(20)19-9-6-11(7-10-19)18-15(21)12-3-1-2-4-13(12)17/h1-4,11H,5-10H2,(H,18,21). The quantitative estimate of drug-likeness (QED) is 0.864. The van der Waals surface area contributed by atoms with Crippen molar-refractivity contribution in [2.24, 2.45) is 0 Å². The van der Waals surface area contributed by atoms with E-state index >= 15 is 0 Å². The van der Waals surface area contributed by atoms with Crippen molar-refractivity contribution in [3.05, 3.63) is 34.9 Å². The van der Waals surface area contributed by atoms with Gasteiger partial charge in [0, 0.05) is 31.4 Å². The Bertz CT molecular complexity index is 514. The van der Waals surface area contributed by atoms with E-state index in [9.17, 15) is 9.59 Å². The third-order valence-corrected chi connectivity index (χ3v) is 4.13. The lowest BCUT2D eigenvalue weighted by Crippen LogP contribution is -2.46. The van der Waals surface area contributed by atoms with Crippen molar-refractivity contribution in [3.8, 4) is 0 Å². The van der Waals surface area contributed by atoms with Gasteiger partial charge in [-0.15, -0.1) is 11.6 Å². The summed E-state index contributed by atoms with van der Waals surface area (Å²) in [6.45, 7) is 1.31. The van der Waals surface area contributed by atoms with Crippen molar-refractivity contribution in [3.63, 3.8) is 0 Å². The molecule has 1 aliphatic rings. The third-order valence-electron chi connectivity index (χ3n) is 3.61. The zero-order valence-corrected chi connectivity index (χ0v) is 13.2. The molecule has 0 bridgehead atoms. The second-order valence-corrected chi connectivity index (χ2v) is 5.83. The van der Waals surface area contributed by atoms with E-state index in [2.05, 4.69) is 5.32 Å². The van der Waals surface area contributed by atoms with Crippen LogP contribution >= 0.6 is 23.2 Å². The minimum Gasteiger partial charge on any atom is -0.349 e. The number of benzene rings is 1. The summed E-state index contributed by atoms with van der Waals surface area (Å²) < 4.78 is 0. The fraction of sp³-hybridized carbons (Fsp3) is 0.467. The summed E-state index contributed by atoms with van der Waals surface area (Å²) in [7, 11) is 0. The molecule has 0 radical (unpaired) electrons. The molecule has 0 saturated carbocycles. The Morgan fingerprint density at radius 2 is 1.90 bits per heavy atom. The number of amides is 2. The molecule has 0 spiro atoms. The van der Waals surface area contributed by atoms with Crippen LogP contribution in [-0.2, 0) is 4.79 Å². The number of hydrogen-bond acceptors (Lipinski definition) is 2. The highest BCUT2D eigenvalue weighted by Crippen LogP contribution is 2.17. The summed E-state index contributed by atoms with van der Waals surface area (Å²) in [4.78, 5) is 25.7. The summed E-state index contributed by atoms with van der Waals surface area (Å²) in [6, 6.07) is 7.06. The highest BCUT2D eigenvalue weighted by Gasteiger charge is 2.24. The Hall–Kier alpha value is -1.26. The number of likely N-dealkylation sites (tertiary alicyclic amines) is 1. The van der Waals surface area contributed by atoms with E-state index < -0.39 is 0 Å². The molecule has 1 N–H and O–H groups in total. The SMILES string of the molecule is O=C(NC1CCN(C(=O)CCCl)CC1)c1ccccc1Cl. The number of halogens is 2. The fourth-order valence-corrected chi connectivity index (χ4v) is 2.80. The molecule has 0 aliphatic carbocycles. The van der Waals surface area contributed by atoms with E-state index in [4.69, 9.17) is 23.2 Å². The Morgan fingerprint density at radius 3 is 2.52 bits per heavy atom. The molecule has 6 heteroatoms. The van der Waals surface area contributed by atoms with Crippen LogP contribution in [-0.4, -0.2) is 41.7 Å². The van der Waals surface area contributed by atoms with Gasteiger partial charge >= 0.3 is 0 Å². The fourth-order valence-electron chi connectivity index (χ4n) is 2.42. The van der Waals surface area contributed by atoms with Crippen LogP contribution in [0.2, 0.25) is 5.02 Å².